The summed E-state index contributed by atoms with van der Waals surface area (Å²) in [5.74, 6) is -0.312. The van der Waals surface area contributed by atoms with E-state index in [9.17, 15) is 4.39 Å². The second-order valence-electron chi connectivity index (χ2n) is 4.01. The molecule has 0 unspecified atom stereocenters. The standard InChI is InChI=1S/C14H11FN2S/c15-10-5-6-13(11(16)8-10)18-14-7-9-3-1-2-4-12(9)17-14/h1-8,17H,16H2. The number of rotatable bonds is 2. The molecule has 0 bridgehead atoms. The van der Waals surface area contributed by atoms with Gasteiger partial charge in [-0.25, -0.2) is 4.39 Å². The Labute approximate surface area is 108 Å². The van der Waals surface area contributed by atoms with Crippen LogP contribution in [0.5, 0.6) is 0 Å². The van der Waals surface area contributed by atoms with Crippen molar-refractivity contribution in [1.29, 1.82) is 0 Å². The number of nitrogens with one attached hydrogen (secondary N) is 1. The summed E-state index contributed by atoms with van der Waals surface area (Å²) >= 11 is 1.50. The van der Waals surface area contributed by atoms with Crippen molar-refractivity contribution in [2.24, 2.45) is 0 Å². The topological polar surface area (TPSA) is 41.8 Å². The van der Waals surface area contributed by atoms with Gasteiger partial charge in [0.2, 0.25) is 0 Å². The number of halogens is 1. The number of fused-ring (bicyclic) bond motifs is 1. The second-order valence-corrected chi connectivity index (χ2v) is 5.09. The Balaban J connectivity index is 1.96. The number of nitrogen functional groups attached to an aromatic ring is 1. The summed E-state index contributed by atoms with van der Waals surface area (Å²) in [4.78, 5) is 4.15. The minimum absolute atomic E-state index is 0.312. The molecular weight excluding hydrogens is 247 g/mol. The summed E-state index contributed by atoms with van der Waals surface area (Å²) in [6, 6.07) is 14.6. The van der Waals surface area contributed by atoms with Crippen molar-refractivity contribution in [2.75, 3.05) is 5.73 Å². The van der Waals surface area contributed by atoms with Crippen LogP contribution < -0.4 is 5.73 Å². The maximum atomic E-state index is 13.0. The molecule has 0 radical (unpaired) electrons. The summed E-state index contributed by atoms with van der Waals surface area (Å²) in [6.07, 6.45) is 0. The van der Waals surface area contributed by atoms with Crippen molar-refractivity contribution >= 4 is 28.4 Å². The molecule has 2 nitrogen and oxygen atoms in total. The van der Waals surface area contributed by atoms with Crippen molar-refractivity contribution in [1.82, 2.24) is 4.98 Å². The molecule has 0 saturated heterocycles. The molecule has 4 heteroatoms. The lowest BCUT2D eigenvalue weighted by molar-refractivity contribution is 0.627. The summed E-state index contributed by atoms with van der Waals surface area (Å²) in [6.45, 7) is 0. The SMILES string of the molecule is Nc1cc(F)ccc1Sc1cc2ccccc2[nH]1. The number of para-hydroxylation sites is 1. The van der Waals surface area contributed by atoms with E-state index in [0.717, 1.165) is 20.8 Å². The fraction of sp³-hybridized carbons (Fsp3) is 0. The van der Waals surface area contributed by atoms with E-state index in [1.54, 1.807) is 6.07 Å². The summed E-state index contributed by atoms with van der Waals surface area (Å²) in [5.41, 5.74) is 7.33. The molecule has 1 heterocycles. The number of nitrogens with two attached hydrogens (primary N) is 1. The summed E-state index contributed by atoms with van der Waals surface area (Å²) < 4.78 is 13.0. The van der Waals surface area contributed by atoms with E-state index in [-0.39, 0.29) is 5.82 Å². The van der Waals surface area contributed by atoms with Gasteiger partial charge in [-0.15, -0.1) is 0 Å². The highest BCUT2D eigenvalue weighted by Gasteiger charge is 2.06. The Morgan fingerprint density at radius 2 is 1.89 bits per heavy atom. The molecule has 3 N–H and O–H groups in total. The number of anilines is 1. The Hall–Kier alpha value is -1.94. The first-order chi connectivity index (χ1) is 8.72. The van der Waals surface area contributed by atoms with E-state index in [0.29, 0.717) is 5.69 Å². The van der Waals surface area contributed by atoms with E-state index in [4.69, 9.17) is 5.73 Å². The summed E-state index contributed by atoms with van der Waals surface area (Å²) in [5, 5.41) is 2.15. The zero-order valence-electron chi connectivity index (χ0n) is 9.48. The monoisotopic (exact) mass is 258 g/mol. The second kappa shape index (κ2) is 4.38. The highest BCUT2D eigenvalue weighted by molar-refractivity contribution is 7.99. The average Bonchev–Trinajstić information content (AvgIpc) is 2.75. The zero-order valence-corrected chi connectivity index (χ0v) is 10.3. The molecule has 18 heavy (non-hydrogen) atoms. The molecule has 0 amide bonds. The van der Waals surface area contributed by atoms with Crippen LogP contribution in [0, 0.1) is 5.82 Å². The molecule has 0 saturated carbocycles. The van der Waals surface area contributed by atoms with Gasteiger partial charge >= 0.3 is 0 Å². The number of H-pyrrole nitrogens is 1. The largest absolute Gasteiger partial charge is 0.398 e. The van der Waals surface area contributed by atoms with E-state index >= 15 is 0 Å². The van der Waals surface area contributed by atoms with E-state index in [1.165, 1.54) is 23.9 Å². The highest BCUT2D eigenvalue weighted by atomic mass is 32.2. The third-order valence-electron chi connectivity index (χ3n) is 2.70. The summed E-state index contributed by atoms with van der Waals surface area (Å²) in [7, 11) is 0. The average molecular weight is 258 g/mol. The van der Waals surface area contributed by atoms with Crippen LogP contribution in [0.1, 0.15) is 0 Å². The Morgan fingerprint density at radius 3 is 2.67 bits per heavy atom. The predicted molar refractivity (Wildman–Crippen MR) is 73.2 cm³/mol. The highest BCUT2D eigenvalue weighted by Crippen LogP contribution is 2.33. The van der Waals surface area contributed by atoms with Crippen LogP contribution in [0.25, 0.3) is 10.9 Å². The van der Waals surface area contributed by atoms with E-state index < -0.39 is 0 Å². The molecular formula is C14H11FN2S. The van der Waals surface area contributed by atoms with Gasteiger partial charge in [0.15, 0.2) is 0 Å². The van der Waals surface area contributed by atoms with Gasteiger partial charge in [0.25, 0.3) is 0 Å². The first kappa shape index (κ1) is 11.2. The maximum Gasteiger partial charge on any atom is 0.125 e. The van der Waals surface area contributed by atoms with Gasteiger partial charge in [0, 0.05) is 21.5 Å². The van der Waals surface area contributed by atoms with Crippen LogP contribution in [0.2, 0.25) is 0 Å². The van der Waals surface area contributed by atoms with E-state index in [2.05, 4.69) is 11.1 Å². The Bertz CT molecular complexity index is 673. The third-order valence-corrected chi connectivity index (χ3v) is 3.73. The number of aromatic amines is 1. The molecule has 0 fully saturated rings. The van der Waals surface area contributed by atoms with Crippen molar-refractivity contribution in [3.05, 3.63) is 54.3 Å². The molecule has 0 spiro atoms. The number of hydrogen-bond donors (Lipinski definition) is 2. The van der Waals surface area contributed by atoms with E-state index in [1.807, 2.05) is 24.3 Å². The van der Waals surface area contributed by atoms with Crippen LogP contribution in [0.15, 0.2) is 58.5 Å². The van der Waals surface area contributed by atoms with Crippen molar-refractivity contribution in [3.63, 3.8) is 0 Å². The fourth-order valence-electron chi connectivity index (χ4n) is 1.83. The minimum atomic E-state index is -0.312. The molecule has 0 atom stereocenters. The molecule has 0 aliphatic heterocycles. The molecule has 3 rings (SSSR count). The smallest absolute Gasteiger partial charge is 0.125 e. The number of hydrogen-bond acceptors (Lipinski definition) is 2. The quantitative estimate of drug-likeness (QED) is 0.681. The van der Waals surface area contributed by atoms with Crippen LogP contribution in [0.3, 0.4) is 0 Å². The lowest BCUT2D eigenvalue weighted by Crippen LogP contribution is -1.89. The first-order valence-corrected chi connectivity index (χ1v) is 6.35. The molecule has 0 aliphatic rings. The van der Waals surface area contributed by atoms with Crippen LogP contribution in [-0.2, 0) is 0 Å². The molecule has 1 aromatic heterocycles. The van der Waals surface area contributed by atoms with Gasteiger partial charge in [-0.3, -0.25) is 0 Å². The molecule has 3 aromatic rings. The van der Waals surface area contributed by atoms with Gasteiger partial charge < -0.3 is 10.7 Å². The first-order valence-electron chi connectivity index (χ1n) is 5.53. The number of benzene rings is 2. The van der Waals surface area contributed by atoms with Gasteiger partial charge in [-0.05, 0) is 30.3 Å². The normalized spacial score (nSPS) is 10.9. The van der Waals surface area contributed by atoms with Crippen LogP contribution in [-0.4, -0.2) is 4.98 Å². The van der Waals surface area contributed by atoms with Crippen LogP contribution >= 0.6 is 11.8 Å². The molecule has 0 aliphatic carbocycles. The Morgan fingerprint density at radius 1 is 1.06 bits per heavy atom. The fourth-order valence-corrected chi connectivity index (χ4v) is 2.73. The van der Waals surface area contributed by atoms with Gasteiger partial charge in [-0.1, -0.05) is 30.0 Å². The molecule has 2 aromatic carbocycles. The predicted octanol–water partition coefficient (Wildman–Crippen LogP) is 4.04. The minimum Gasteiger partial charge on any atom is -0.398 e. The lowest BCUT2D eigenvalue weighted by atomic mass is 10.3. The van der Waals surface area contributed by atoms with Gasteiger partial charge in [0.1, 0.15) is 5.82 Å². The third kappa shape index (κ3) is 2.07. The van der Waals surface area contributed by atoms with Gasteiger partial charge in [-0.2, -0.15) is 0 Å². The number of aromatic nitrogens is 1. The van der Waals surface area contributed by atoms with Gasteiger partial charge in [0.05, 0.1) is 5.03 Å². The van der Waals surface area contributed by atoms with Crippen LogP contribution in [0.4, 0.5) is 10.1 Å². The van der Waals surface area contributed by atoms with Crippen molar-refractivity contribution in [2.45, 2.75) is 9.92 Å². The van der Waals surface area contributed by atoms with Crippen molar-refractivity contribution in [3.8, 4) is 0 Å². The maximum absolute atomic E-state index is 13.0. The Kier molecular flexibility index (Phi) is 2.72. The van der Waals surface area contributed by atoms with Crippen molar-refractivity contribution < 1.29 is 4.39 Å². The molecule has 90 valence electrons. The lowest BCUT2D eigenvalue weighted by Gasteiger charge is -2.03. The zero-order chi connectivity index (χ0) is 12.5.